The van der Waals surface area contributed by atoms with E-state index in [1.54, 1.807) is 0 Å². The van der Waals surface area contributed by atoms with Crippen LogP contribution in [-0.4, -0.2) is 10.9 Å². The van der Waals surface area contributed by atoms with Gasteiger partial charge in [-0.1, -0.05) is 52.8 Å². The number of anilines is 1. The van der Waals surface area contributed by atoms with Crippen LogP contribution in [0.5, 0.6) is 0 Å². The minimum Gasteiger partial charge on any atom is -0.302 e. The molecule has 1 aromatic heterocycles. The smallest absolute Gasteiger partial charge is 0.230 e. The first kappa shape index (κ1) is 15.0. The first-order valence-electron chi connectivity index (χ1n) is 6.93. The number of rotatable bonds is 3. The van der Waals surface area contributed by atoms with Gasteiger partial charge in [0, 0.05) is 5.02 Å². The molecule has 1 heterocycles. The second kappa shape index (κ2) is 6.07. The second-order valence-corrected chi connectivity index (χ2v) is 6.77. The molecule has 0 aliphatic carbocycles. The van der Waals surface area contributed by atoms with E-state index >= 15 is 0 Å². The monoisotopic (exact) mass is 330 g/mol. The number of benzene rings is 2. The van der Waals surface area contributed by atoms with Crippen LogP contribution in [0.15, 0.2) is 36.4 Å². The Labute approximate surface area is 138 Å². The van der Waals surface area contributed by atoms with Gasteiger partial charge in [0.15, 0.2) is 5.13 Å². The van der Waals surface area contributed by atoms with Gasteiger partial charge in [-0.2, -0.15) is 0 Å². The number of amides is 1. The van der Waals surface area contributed by atoms with Crippen LogP contribution >= 0.6 is 22.9 Å². The highest BCUT2D eigenvalue weighted by molar-refractivity contribution is 7.22. The van der Waals surface area contributed by atoms with Crippen molar-refractivity contribution in [1.29, 1.82) is 0 Å². The molecule has 112 valence electrons. The first-order chi connectivity index (χ1) is 10.5. The Morgan fingerprint density at radius 1 is 1.23 bits per heavy atom. The number of hydrogen-bond donors (Lipinski definition) is 1. The summed E-state index contributed by atoms with van der Waals surface area (Å²) >= 11 is 7.49. The van der Waals surface area contributed by atoms with Crippen LogP contribution < -0.4 is 5.32 Å². The summed E-state index contributed by atoms with van der Waals surface area (Å²) in [4.78, 5) is 16.6. The average Bonchev–Trinajstić information content (AvgIpc) is 2.84. The van der Waals surface area contributed by atoms with Crippen LogP contribution in [0.25, 0.3) is 10.2 Å². The molecule has 0 aliphatic rings. The van der Waals surface area contributed by atoms with Gasteiger partial charge in [0.1, 0.15) is 0 Å². The Morgan fingerprint density at radius 2 is 1.95 bits per heavy atom. The highest BCUT2D eigenvalue weighted by Crippen LogP contribution is 2.30. The van der Waals surface area contributed by atoms with Gasteiger partial charge in [-0.3, -0.25) is 4.79 Å². The van der Waals surface area contributed by atoms with Crippen LogP contribution in [-0.2, 0) is 11.2 Å². The highest BCUT2D eigenvalue weighted by atomic mass is 35.5. The van der Waals surface area contributed by atoms with Gasteiger partial charge in [0.2, 0.25) is 5.91 Å². The summed E-state index contributed by atoms with van der Waals surface area (Å²) in [6.45, 7) is 3.99. The lowest BCUT2D eigenvalue weighted by Gasteiger charge is -2.02. The third-order valence-corrected chi connectivity index (χ3v) is 4.52. The molecule has 0 radical (unpaired) electrons. The molecule has 3 nitrogen and oxygen atoms in total. The normalized spacial score (nSPS) is 10.9. The Morgan fingerprint density at radius 3 is 2.68 bits per heavy atom. The number of carbonyl (C=O) groups excluding carboxylic acids is 1. The molecular weight excluding hydrogens is 316 g/mol. The summed E-state index contributed by atoms with van der Waals surface area (Å²) in [6, 6.07) is 11.7. The van der Waals surface area contributed by atoms with E-state index in [4.69, 9.17) is 11.6 Å². The number of thiazole rings is 1. The number of nitrogens with one attached hydrogen (secondary N) is 1. The molecule has 1 N–H and O–H groups in total. The number of fused-ring (bicyclic) bond motifs is 1. The molecule has 0 atom stereocenters. The van der Waals surface area contributed by atoms with Crippen LogP contribution in [0.2, 0.25) is 5.02 Å². The third kappa shape index (κ3) is 3.29. The average molecular weight is 331 g/mol. The van der Waals surface area contributed by atoms with E-state index < -0.39 is 0 Å². The zero-order valence-electron chi connectivity index (χ0n) is 12.3. The van der Waals surface area contributed by atoms with Gasteiger partial charge in [0.05, 0.1) is 16.6 Å². The molecule has 22 heavy (non-hydrogen) atoms. The lowest BCUT2D eigenvalue weighted by Crippen LogP contribution is -2.14. The number of hydrogen-bond acceptors (Lipinski definition) is 3. The van der Waals surface area contributed by atoms with E-state index in [9.17, 15) is 4.79 Å². The van der Waals surface area contributed by atoms with Crippen molar-refractivity contribution in [2.45, 2.75) is 20.3 Å². The van der Waals surface area contributed by atoms with Crippen molar-refractivity contribution in [2.75, 3.05) is 5.32 Å². The molecule has 0 fully saturated rings. The maximum absolute atomic E-state index is 12.1. The standard InChI is InChI=1S/C17H15ClN2OS/c1-10-3-5-12(6-4-10)8-15(21)19-17-20-16-11(2)7-13(18)9-14(16)22-17/h3-7,9H,8H2,1-2H3,(H,19,20,21). The molecular formula is C17H15ClN2OS. The summed E-state index contributed by atoms with van der Waals surface area (Å²) in [5.41, 5.74) is 4.07. The zero-order chi connectivity index (χ0) is 15.7. The maximum atomic E-state index is 12.1. The van der Waals surface area contributed by atoms with Crippen molar-refractivity contribution in [3.8, 4) is 0 Å². The summed E-state index contributed by atoms with van der Waals surface area (Å²) < 4.78 is 0.982. The third-order valence-electron chi connectivity index (χ3n) is 3.38. The summed E-state index contributed by atoms with van der Waals surface area (Å²) in [6.07, 6.45) is 0.343. The van der Waals surface area contributed by atoms with Crippen molar-refractivity contribution in [2.24, 2.45) is 0 Å². The number of halogens is 1. The fraction of sp³-hybridized carbons (Fsp3) is 0.176. The van der Waals surface area contributed by atoms with E-state index in [0.717, 1.165) is 21.3 Å². The topological polar surface area (TPSA) is 42.0 Å². The Bertz CT molecular complexity index is 840. The van der Waals surface area contributed by atoms with Gasteiger partial charge < -0.3 is 5.32 Å². The van der Waals surface area contributed by atoms with Crippen molar-refractivity contribution >= 4 is 44.2 Å². The first-order valence-corrected chi connectivity index (χ1v) is 8.13. The highest BCUT2D eigenvalue weighted by Gasteiger charge is 2.10. The minimum absolute atomic E-state index is 0.0633. The van der Waals surface area contributed by atoms with Gasteiger partial charge >= 0.3 is 0 Å². The molecule has 5 heteroatoms. The Hall–Kier alpha value is -1.91. The van der Waals surface area contributed by atoms with E-state index in [1.807, 2.05) is 50.2 Å². The van der Waals surface area contributed by atoms with Gasteiger partial charge in [-0.25, -0.2) is 4.98 Å². The summed E-state index contributed by atoms with van der Waals surface area (Å²) in [5.74, 6) is -0.0633. The Balaban J connectivity index is 1.76. The fourth-order valence-corrected chi connectivity index (χ4v) is 3.60. The molecule has 0 unspecified atom stereocenters. The molecule has 0 bridgehead atoms. The SMILES string of the molecule is Cc1ccc(CC(=O)Nc2nc3c(C)cc(Cl)cc3s2)cc1. The zero-order valence-corrected chi connectivity index (χ0v) is 13.9. The number of aryl methyl sites for hydroxylation is 2. The van der Waals surface area contributed by atoms with Gasteiger partial charge in [-0.15, -0.1) is 0 Å². The van der Waals surface area contributed by atoms with E-state index in [-0.39, 0.29) is 5.91 Å². The van der Waals surface area contributed by atoms with Gasteiger partial charge in [0.25, 0.3) is 0 Å². The predicted molar refractivity (Wildman–Crippen MR) is 92.9 cm³/mol. The van der Waals surface area contributed by atoms with Crippen molar-refractivity contribution in [1.82, 2.24) is 4.98 Å². The van der Waals surface area contributed by atoms with Crippen molar-refractivity contribution < 1.29 is 4.79 Å². The molecule has 0 aliphatic heterocycles. The maximum Gasteiger partial charge on any atom is 0.230 e. The summed E-state index contributed by atoms with van der Waals surface area (Å²) in [7, 11) is 0. The van der Waals surface area contributed by atoms with Crippen molar-refractivity contribution in [3.63, 3.8) is 0 Å². The lowest BCUT2D eigenvalue weighted by molar-refractivity contribution is -0.115. The fourth-order valence-electron chi connectivity index (χ4n) is 2.26. The minimum atomic E-state index is -0.0633. The van der Waals surface area contributed by atoms with Crippen LogP contribution in [0, 0.1) is 13.8 Å². The molecule has 0 saturated carbocycles. The lowest BCUT2D eigenvalue weighted by atomic mass is 10.1. The number of aromatic nitrogens is 1. The molecule has 3 rings (SSSR count). The molecule has 3 aromatic rings. The predicted octanol–water partition coefficient (Wildman–Crippen LogP) is 4.75. The van der Waals surface area contributed by atoms with Crippen molar-refractivity contribution in [3.05, 3.63) is 58.1 Å². The number of carbonyl (C=O) groups is 1. The van der Waals surface area contributed by atoms with Gasteiger partial charge in [-0.05, 0) is 37.1 Å². The summed E-state index contributed by atoms with van der Waals surface area (Å²) in [5, 5.41) is 4.16. The number of nitrogens with zero attached hydrogens (tertiary/aromatic N) is 1. The quantitative estimate of drug-likeness (QED) is 0.753. The van der Waals surface area contributed by atoms with E-state index in [2.05, 4.69) is 10.3 Å². The van der Waals surface area contributed by atoms with Crippen LogP contribution in [0.4, 0.5) is 5.13 Å². The van der Waals surface area contributed by atoms with E-state index in [0.29, 0.717) is 16.6 Å². The molecule has 2 aromatic carbocycles. The van der Waals surface area contributed by atoms with E-state index in [1.165, 1.54) is 16.9 Å². The molecule has 0 spiro atoms. The van der Waals surface area contributed by atoms with Crippen LogP contribution in [0.1, 0.15) is 16.7 Å². The molecule has 0 saturated heterocycles. The largest absolute Gasteiger partial charge is 0.302 e. The second-order valence-electron chi connectivity index (χ2n) is 5.30. The Kier molecular flexibility index (Phi) is 4.14. The van der Waals surface area contributed by atoms with Crippen LogP contribution in [0.3, 0.4) is 0 Å². The molecule has 1 amide bonds.